The normalized spacial score (nSPS) is 33.8. The maximum atomic E-state index is 10.8. The lowest BCUT2D eigenvalue weighted by molar-refractivity contribution is 0.592. The SMILES string of the molecule is C#CC1C=CC[S+]([O-])C1. The summed E-state index contributed by atoms with van der Waals surface area (Å²) in [7, 11) is 0. The van der Waals surface area contributed by atoms with Gasteiger partial charge in [0.2, 0.25) is 0 Å². The van der Waals surface area contributed by atoms with Crippen molar-refractivity contribution < 1.29 is 4.55 Å². The van der Waals surface area contributed by atoms with E-state index < -0.39 is 11.2 Å². The summed E-state index contributed by atoms with van der Waals surface area (Å²) >= 11 is -0.699. The second-order valence-electron chi connectivity index (χ2n) is 1.97. The van der Waals surface area contributed by atoms with E-state index in [0.29, 0.717) is 11.5 Å². The van der Waals surface area contributed by atoms with E-state index >= 15 is 0 Å². The fourth-order valence-corrected chi connectivity index (χ4v) is 1.82. The third kappa shape index (κ3) is 1.78. The summed E-state index contributed by atoms with van der Waals surface area (Å²) < 4.78 is 10.8. The van der Waals surface area contributed by atoms with Crippen LogP contribution in [-0.4, -0.2) is 16.1 Å². The van der Waals surface area contributed by atoms with Crippen LogP contribution in [0.15, 0.2) is 12.2 Å². The molecule has 0 aromatic carbocycles. The highest BCUT2D eigenvalue weighted by Crippen LogP contribution is 2.09. The molecule has 2 unspecified atom stereocenters. The molecule has 9 heavy (non-hydrogen) atoms. The molecule has 0 amide bonds. The second-order valence-corrected chi connectivity index (χ2v) is 3.52. The lowest BCUT2D eigenvalue weighted by atomic mass is 10.2. The van der Waals surface area contributed by atoms with E-state index in [-0.39, 0.29) is 5.92 Å². The van der Waals surface area contributed by atoms with Gasteiger partial charge < -0.3 is 4.55 Å². The van der Waals surface area contributed by atoms with Gasteiger partial charge in [0.25, 0.3) is 0 Å². The van der Waals surface area contributed by atoms with Crippen LogP contribution >= 0.6 is 0 Å². The van der Waals surface area contributed by atoms with E-state index in [1.54, 1.807) is 0 Å². The van der Waals surface area contributed by atoms with E-state index in [1.165, 1.54) is 0 Å². The number of allylic oxidation sites excluding steroid dienone is 1. The minimum Gasteiger partial charge on any atom is -0.616 e. The Labute approximate surface area is 58.3 Å². The molecular formula is C7H8OS. The van der Waals surface area contributed by atoms with E-state index in [9.17, 15) is 4.55 Å². The molecule has 0 spiro atoms. The predicted octanol–water partition coefficient (Wildman–Crippen LogP) is 0.554. The summed E-state index contributed by atoms with van der Waals surface area (Å²) in [6.07, 6.45) is 8.97. The van der Waals surface area contributed by atoms with Crippen molar-refractivity contribution in [3.63, 3.8) is 0 Å². The highest BCUT2D eigenvalue weighted by atomic mass is 32.2. The zero-order valence-electron chi connectivity index (χ0n) is 5.04. The molecule has 2 heteroatoms. The predicted molar refractivity (Wildman–Crippen MR) is 39.3 cm³/mol. The number of hydrogen-bond donors (Lipinski definition) is 0. The standard InChI is InChI=1S/C7H8OS/c1-2-7-4-3-5-9(8)6-7/h1,3-4,7H,5-6H2. The highest BCUT2D eigenvalue weighted by molar-refractivity contribution is 7.91. The van der Waals surface area contributed by atoms with Gasteiger partial charge in [-0.25, -0.2) is 0 Å². The number of hydrogen-bond acceptors (Lipinski definition) is 1. The molecular weight excluding hydrogens is 132 g/mol. The van der Waals surface area contributed by atoms with Crippen LogP contribution in [0.4, 0.5) is 0 Å². The quantitative estimate of drug-likeness (QED) is 0.274. The maximum absolute atomic E-state index is 10.8. The van der Waals surface area contributed by atoms with Crippen LogP contribution < -0.4 is 0 Å². The van der Waals surface area contributed by atoms with Crippen LogP contribution in [0.1, 0.15) is 0 Å². The third-order valence-electron chi connectivity index (χ3n) is 1.23. The van der Waals surface area contributed by atoms with Crippen molar-refractivity contribution in [2.24, 2.45) is 5.92 Å². The van der Waals surface area contributed by atoms with Crippen molar-refractivity contribution in [1.82, 2.24) is 0 Å². The second kappa shape index (κ2) is 2.95. The molecule has 1 rings (SSSR count). The van der Waals surface area contributed by atoms with Gasteiger partial charge in [-0.1, -0.05) is 12.0 Å². The average Bonchev–Trinajstić information content (AvgIpc) is 1.88. The first-order valence-electron chi connectivity index (χ1n) is 2.80. The van der Waals surface area contributed by atoms with Crippen molar-refractivity contribution in [2.75, 3.05) is 11.5 Å². The molecule has 2 atom stereocenters. The lowest BCUT2D eigenvalue weighted by Crippen LogP contribution is -2.19. The fourth-order valence-electron chi connectivity index (χ4n) is 0.755. The van der Waals surface area contributed by atoms with Gasteiger partial charge in [0.1, 0.15) is 11.5 Å². The summed E-state index contributed by atoms with van der Waals surface area (Å²) in [4.78, 5) is 0. The van der Waals surface area contributed by atoms with Crippen molar-refractivity contribution >= 4 is 11.2 Å². The molecule has 0 bridgehead atoms. The van der Waals surface area contributed by atoms with E-state index in [4.69, 9.17) is 6.42 Å². The molecule has 0 aliphatic carbocycles. The van der Waals surface area contributed by atoms with Gasteiger partial charge in [0.05, 0.1) is 5.92 Å². The molecule has 48 valence electrons. The molecule has 1 nitrogen and oxygen atoms in total. The first-order chi connectivity index (χ1) is 4.33. The van der Waals surface area contributed by atoms with Gasteiger partial charge in [0.15, 0.2) is 0 Å². The van der Waals surface area contributed by atoms with Gasteiger partial charge in [0, 0.05) is 0 Å². The zero-order valence-corrected chi connectivity index (χ0v) is 5.86. The Morgan fingerprint density at radius 3 is 3.00 bits per heavy atom. The molecule has 0 radical (unpaired) electrons. The molecule has 1 heterocycles. The van der Waals surface area contributed by atoms with Gasteiger partial charge in [-0.2, -0.15) is 0 Å². The summed E-state index contributed by atoms with van der Waals surface area (Å²) in [6, 6.07) is 0. The van der Waals surface area contributed by atoms with Crippen LogP contribution in [0.2, 0.25) is 0 Å². The molecule has 1 aliphatic heterocycles. The summed E-state index contributed by atoms with van der Waals surface area (Å²) in [6.45, 7) is 0. The van der Waals surface area contributed by atoms with Crippen molar-refractivity contribution in [1.29, 1.82) is 0 Å². The molecule has 0 saturated carbocycles. The minimum atomic E-state index is -0.699. The molecule has 0 aromatic rings. The van der Waals surface area contributed by atoms with Gasteiger partial charge in [-0.05, 0) is 17.3 Å². The molecule has 1 aliphatic rings. The Hall–Kier alpha value is -0.390. The number of terminal acetylenes is 1. The Kier molecular flexibility index (Phi) is 2.21. The molecule has 0 saturated heterocycles. The molecule has 0 N–H and O–H groups in total. The summed E-state index contributed by atoms with van der Waals surface area (Å²) in [5.74, 6) is 3.99. The van der Waals surface area contributed by atoms with Crippen LogP contribution in [0.25, 0.3) is 0 Å². The van der Waals surface area contributed by atoms with E-state index in [0.717, 1.165) is 0 Å². The van der Waals surface area contributed by atoms with Gasteiger partial charge in [-0.3, -0.25) is 0 Å². The van der Waals surface area contributed by atoms with Crippen LogP contribution in [0.3, 0.4) is 0 Å². The molecule has 0 fully saturated rings. The fraction of sp³-hybridized carbons (Fsp3) is 0.429. The number of rotatable bonds is 0. The topological polar surface area (TPSA) is 23.1 Å². The maximum Gasteiger partial charge on any atom is 0.123 e. The van der Waals surface area contributed by atoms with Crippen molar-refractivity contribution in [3.8, 4) is 12.3 Å². The summed E-state index contributed by atoms with van der Waals surface area (Å²) in [5, 5.41) is 0. The largest absolute Gasteiger partial charge is 0.616 e. The van der Waals surface area contributed by atoms with Crippen molar-refractivity contribution in [3.05, 3.63) is 12.2 Å². The highest BCUT2D eigenvalue weighted by Gasteiger charge is 2.14. The Morgan fingerprint density at radius 2 is 2.56 bits per heavy atom. The van der Waals surface area contributed by atoms with Crippen molar-refractivity contribution in [2.45, 2.75) is 0 Å². The lowest BCUT2D eigenvalue weighted by Gasteiger charge is -2.14. The smallest absolute Gasteiger partial charge is 0.123 e. The Balaban J connectivity index is 2.52. The third-order valence-corrected chi connectivity index (χ3v) is 2.53. The Morgan fingerprint density at radius 1 is 1.78 bits per heavy atom. The first kappa shape index (κ1) is 6.73. The average molecular weight is 140 g/mol. The van der Waals surface area contributed by atoms with E-state index in [2.05, 4.69) is 5.92 Å². The first-order valence-corrected chi connectivity index (χ1v) is 4.29. The van der Waals surface area contributed by atoms with E-state index in [1.807, 2.05) is 12.2 Å². The van der Waals surface area contributed by atoms with Crippen LogP contribution in [-0.2, 0) is 11.2 Å². The van der Waals surface area contributed by atoms with Crippen LogP contribution in [0, 0.1) is 18.3 Å². The van der Waals surface area contributed by atoms with Crippen LogP contribution in [0.5, 0.6) is 0 Å². The minimum absolute atomic E-state index is 0.111. The van der Waals surface area contributed by atoms with Gasteiger partial charge >= 0.3 is 0 Å². The summed E-state index contributed by atoms with van der Waals surface area (Å²) in [5.41, 5.74) is 0. The Bertz CT molecular complexity index is 157. The monoisotopic (exact) mass is 140 g/mol. The van der Waals surface area contributed by atoms with Gasteiger partial charge in [-0.15, -0.1) is 6.42 Å². The molecule has 0 aromatic heterocycles. The zero-order chi connectivity index (χ0) is 6.69.